The fraction of sp³-hybridized carbons (Fsp3) is 0.682. The van der Waals surface area contributed by atoms with Crippen molar-refractivity contribution in [3.63, 3.8) is 0 Å². The molecule has 1 N–H and O–H groups in total. The third-order valence-corrected chi connectivity index (χ3v) is 5.75. The van der Waals surface area contributed by atoms with Crippen molar-refractivity contribution in [2.75, 3.05) is 40.0 Å². The molecule has 0 aromatic heterocycles. The van der Waals surface area contributed by atoms with Crippen molar-refractivity contribution in [2.45, 2.75) is 57.8 Å². The van der Waals surface area contributed by atoms with Crippen LogP contribution in [0.2, 0.25) is 5.02 Å². The fourth-order valence-electron chi connectivity index (χ4n) is 3.85. The zero-order chi connectivity index (χ0) is 20.5. The van der Waals surface area contributed by atoms with E-state index in [2.05, 4.69) is 17.1 Å². The van der Waals surface area contributed by atoms with E-state index in [1.165, 1.54) is 12.8 Å². The van der Waals surface area contributed by atoms with E-state index in [0.717, 1.165) is 69.4 Å². The molecule has 0 spiro atoms. The molecule has 1 unspecified atom stereocenters. The Balaban J connectivity index is 0.00000320. The summed E-state index contributed by atoms with van der Waals surface area (Å²) in [4.78, 5) is 7.16. The molecule has 3 rings (SSSR count). The number of halogens is 2. The topological polar surface area (TPSA) is 55.3 Å². The molecule has 0 aliphatic carbocycles. The molecule has 2 heterocycles. The Hall–Kier alpha value is -0.770. The number of nitrogens with zero attached hydrogens (tertiary/aromatic N) is 2. The molecule has 0 saturated carbocycles. The molecule has 6 nitrogen and oxygen atoms in total. The molecule has 2 aliphatic heterocycles. The van der Waals surface area contributed by atoms with Gasteiger partial charge in [-0.2, -0.15) is 0 Å². The van der Waals surface area contributed by atoms with Gasteiger partial charge in [0.05, 0.1) is 32.5 Å². The molecule has 0 amide bonds. The molecule has 1 atom stereocenters. The molecule has 1 aromatic carbocycles. The van der Waals surface area contributed by atoms with Crippen molar-refractivity contribution in [1.82, 2.24) is 10.2 Å². The van der Waals surface area contributed by atoms with Crippen molar-refractivity contribution < 1.29 is 14.2 Å². The van der Waals surface area contributed by atoms with Crippen LogP contribution in [0.1, 0.15) is 44.6 Å². The van der Waals surface area contributed by atoms with Crippen LogP contribution in [0.25, 0.3) is 0 Å². The van der Waals surface area contributed by atoms with Gasteiger partial charge in [-0.3, -0.25) is 0 Å². The molecule has 8 heteroatoms. The molecular weight excluding hydrogens is 517 g/mol. The molecule has 2 aliphatic rings. The molecule has 30 heavy (non-hydrogen) atoms. The Morgan fingerprint density at radius 2 is 2.07 bits per heavy atom. The minimum absolute atomic E-state index is 0. The number of hydrogen-bond acceptors (Lipinski definition) is 4. The SMILES string of the molecule is CCNC(=NCc1ccc(Cl)cc1OC)N1CCC(OCC2CCCCO2)CC1.I. The normalized spacial score (nSPS) is 20.6. The van der Waals surface area contributed by atoms with E-state index < -0.39 is 0 Å². The lowest BCUT2D eigenvalue weighted by atomic mass is 10.1. The number of likely N-dealkylation sites (tertiary alicyclic amines) is 1. The predicted molar refractivity (Wildman–Crippen MR) is 132 cm³/mol. The Morgan fingerprint density at radius 3 is 2.73 bits per heavy atom. The highest BCUT2D eigenvalue weighted by Gasteiger charge is 2.23. The van der Waals surface area contributed by atoms with Crippen LogP contribution < -0.4 is 10.1 Å². The van der Waals surface area contributed by atoms with Gasteiger partial charge in [-0.05, 0) is 51.2 Å². The summed E-state index contributed by atoms with van der Waals surface area (Å²) in [5, 5.41) is 4.09. The van der Waals surface area contributed by atoms with Crippen molar-refractivity contribution in [1.29, 1.82) is 0 Å². The summed E-state index contributed by atoms with van der Waals surface area (Å²) in [5.74, 6) is 1.72. The van der Waals surface area contributed by atoms with Crippen LogP contribution >= 0.6 is 35.6 Å². The first-order valence-corrected chi connectivity index (χ1v) is 11.2. The summed E-state index contributed by atoms with van der Waals surface area (Å²) in [7, 11) is 1.66. The number of benzene rings is 1. The fourth-order valence-corrected chi connectivity index (χ4v) is 4.01. The van der Waals surface area contributed by atoms with E-state index >= 15 is 0 Å². The van der Waals surface area contributed by atoms with Gasteiger partial charge in [0, 0.05) is 36.8 Å². The van der Waals surface area contributed by atoms with Gasteiger partial charge in [0.1, 0.15) is 5.75 Å². The molecule has 2 fully saturated rings. The van der Waals surface area contributed by atoms with Gasteiger partial charge in [-0.25, -0.2) is 4.99 Å². The lowest BCUT2D eigenvalue weighted by Gasteiger charge is -2.35. The van der Waals surface area contributed by atoms with Crippen molar-refractivity contribution in [3.8, 4) is 5.75 Å². The maximum Gasteiger partial charge on any atom is 0.194 e. The summed E-state index contributed by atoms with van der Waals surface area (Å²) in [6.45, 7) is 6.99. The van der Waals surface area contributed by atoms with Crippen molar-refractivity contribution >= 4 is 41.5 Å². The van der Waals surface area contributed by atoms with E-state index in [-0.39, 0.29) is 30.1 Å². The number of nitrogens with one attached hydrogen (secondary N) is 1. The van der Waals surface area contributed by atoms with Crippen LogP contribution in [0, 0.1) is 0 Å². The van der Waals surface area contributed by atoms with Gasteiger partial charge in [0.15, 0.2) is 5.96 Å². The number of rotatable bonds is 7. The Labute approximate surface area is 202 Å². The van der Waals surface area contributed by atoms with Gasteiger partial charge in [0.2, 0.25) is 0 Å². The summed E-state index contributed by atoms with van der Waals surface area (Å²) < 4.78 is 17.4. The minimum Gasteiger partial charge on any atom is -0.496 e. The molecule has 0 radical (unpaired) electrons. The average Bonchev–Trinajstić information content (AvgIpc) is 2.77. The van der Waals surface area contributed by atoms with Crippen LogP contribution in [0.15, 0.2) is 23.2 Å². The maximum atomic E-state index is 6.14. The second kappa shape index (κ2) is 13.6. The highest BCUT2D eigenvalue weighted by molar-refractivity contribution is 14.0. The summed E-state index contributed by atoms with van der Waals surface area (Å²) in [5.41, 5.74) is 1.03. The number of methoxy groups -OCH3 is 1. The van der Waals surface area contributed by atoms with E-state index in [1.807, 2.05) is 18.2 Å². The average molecular weight is 552 g/mol. The van der Waals surface area contributed by atoms with Crippen LogP contribution in [0.3, 0.4) is 0 Å². The maximum absolute atomic E-state index is 6.14. The lowest BCUT2D eigenvalue weighted by Crippen LogP contribution is -2.47. The van der Waals surface area contributed by atoms with Crippen LogP contribution in [0.5, 0.6) is 5.75 Å². The van der Waals surface area contributed by atoms with Crippen LogP contribution in [0.4, 0.5) is 0 Å². The van der Waals surface area contributed by atoms with Crippen LogP contribution in [-0.4, -0.2) is 63.0 Å². The Morgan fingerprint density at radius 1 is 1.27 bits per heavy atom. The van der Waals surface area contributed by atoms with Crippen molar-refractivity contribution in [3.05, 3.63) is 28.8 Å². The summed E-state index contributed by atoms with van der Waals surface area (Å²) in [6.07, 6.45) is 6.20. The second-order valence-electron chi connectivity index (χ2n) is 7.63. The smallest absolute Gasteiger partial charge is 0.194 e. The summed E-state index contributed by atoms with van der Waals surface area (Å²) in [6, 6.07) is 5.68. The van der Waals surface area contributed by atoms with E-state index in [4.69, 9.17) is 30.8 Å². The molecular formula is C22H35ClIN3O3. The number of hydrogen-bond donors (Lipinski definition) is 1. The van der Waals surface area contributed by atoms with Crippen LogP contribution in [-0.2, 0) is 16.0 Å². The van der Waals surface area contributed by atoms with Crippen molar-refractivity contribution in [2.24, 2.45) is 4.99 Å². The zero-order valence-corrected chi connectivity index (χ0v) is 21.2. The van der Waals surface area contributed by atoms with Gasteiger partial charge in [-0.15, -0.1) is 24.0 Å². The predicted octanol–water partition coefficient (Wildman–Crippen LogP) is 4.48. The van der Waals surface area contributed by atoms with E-state index in [9.17, 15) is 0 Å². The quantitative estimate of drug-likeness (QED) is 0.308. The Bertz CT molecular complexity index is 663. The zero-order valence-electron chi connectivity index (χ0n) is 18.1. The third kappa shape index (κ3) is 7.73. The minimum atomic E-state index is 0. The first kappa shape index (κ1) is 25.5. The second-order valence-corrected chi connectivity index (χ2v) is 8.07. The Kier molecular flexibility index (Phi) is 11.6. The van der Waals surface area contributed by atoms with E-state index in [1.54, 1.807) is 7.11 Å². The van der Waals surface area contributed by atoms with Gasteiger partial charge in [0.25, 0.3) is 0 Å². The number of aliphatic imine (C=N–C) groups is 1. The standard InChI is InChI=1S/C22H34ClN3O3.HI/c1-3-24-22(25-15-17-7-8-18(23)14-21(17)27-2)26-11-9-19(10-12-26)29-16-20-6-4-5-13-28-20;/h7-8,14,19-20H,3-6,9-13,15-16H2,1-2H3,(H,24,25);1H. The molecule has 170 valence electrons. The number of guanidine groups is 1. The van der Waals surface area contributed by atoms with Gasteiger partial charge < -0.3 is 24.4 Å². The van der Waals surface area contributed by atoms with E-state index in [0.29, 0.717) is 17.7 Å². The highest BCUT2D eigenvalue weighted by atomic mass is 127. The van der Waals surface area contributed by atoms with Gasteiger partial charge in [-0.1, -0.05) is 17.7 Å². The largest absolute Gasteiger partial charge is 0.496 e. The lowest BCUT2D eigenvalue weighted by molar-refractivity contribution is -0.0721. The monoisotopic (exact) mass is 551 g/mol. The number of piperidine rings is 1. The molecule has 1 aromatic rings. The highest BCUT2D eigenvalue weighted by Crippen LogP contribution is 2.24. The third-order valence-electron chi connectivity index (χ3n) is 5.52. The summed E-state index contributed by atoms with van der Waals surface area (Å²) >= 11 is 6.06. The number of ether oxygens (including phenoxy) is 3. The molecule has 0 bridgehead atoms. The molecule has 2 saturated heterocycles. The van der Waals surface area contributed by atoms with Gasteiger partial charge >= 0.3 is 0 Å². The first-order valence-electron chi connectivity index (χ1n) is 10.8. The first-order chi connectivity index (χ1) is 14.2.